The predicted molar refractivity (Wildman–Crippen MR) is 92.7 cm³/mol. The number of hydrogen-bond donors (Lipinski definition) is 1. The number of carbonyl (C=O) groups is 1. The molecule has 120 valence electrons. The van der Waals surface area contributed by atoms with Crippen molar-refractivity contribution in [2.24, 2.45) is 5.92 Å². The molecular weight excluding hydrogens is 316 g/mol. The molecule has 0 aliphatic rings. The Hall–Kier alpha value is -1.34. The van der Waals surface area contributed by atoms with Gasteiger partial charge in [0.2, 0.25) is 5.13 Å². The van der Waals surface area contributed by atoms with Crippen molar-refractivity contribution in [2.75, 3.05) is 11.5 Å². The Morgan fingerprint density at radius 2 is 2.14 bits per heavy atom. The predicted octanol–water partition coefficient (Wildman–Crippen LogP) is 3.56. The largest absolute Gasteiger partial charge is 0.374 e. The zero-order valence-corrected chi connectivity index (χ0v) is 15.1. The Bertz CT molecular complexity index is 661. The first-order valence-corrected chi connectivity index (χ1v) is 9.10. The maximum Gasteiger partial charge on any atom is 0.203 e. The summed E-state index contributed by atoms with van der Waals surface area (Å²) in [5.74, 6) is 1.14. The smallest absolute Gasteiger partial charge is 0.203 e. The van der Waals surface area contributed by atoms with Gasteiger partial charge in [0, 0.05) is 23.5 Å². The number of aromatic nitrogens is 3. The van der Waals surface area contributed by atoms with Crippen LogP contribution >= 0.6 is 23.1 Å². The average molecular weight is 339 g/mol. The Morgan fingerprint density at radius 1 is 1.41 bits per heavy atom. The fourth-order valence-corrected chi connectivity index (χ4v) is 3.82. The van der Waals surface area contributed by atoms with E-state index < -0.39 is 0 Å². The molecule has 0 saturated heterocycles. The van der Waals surface area contributed by atoms with E-state index in [1.54, 1.807) is 0 Å². The van der Waals surface area contributed by atoms with Crippen LogP contribution in [0.25, 0.3) is 0 Å². The highest BCUT2D eigenvalue weighted by Gasteiger charge is 2.16. The van der Waals surface area contributed by atoms with E-state index in [2.05, 4.69) is 35.5 Å². The molecule has 0 radical (unpaired) electrons. The van der Waals surface area contributed by atoms with Gasteiger partial charge in [-0.3, -0.25) is 4.79 Å². The first kappa shape index (κ1) is 17.0. The number of aryl methyl sites for hydroxylation is 1. The summed E-state index contributed by atoms with van der Waals surface area (Å²) < 4.78 is 2.97. The third kappa shape index (κ3) is 4.10. The molecule has 0 spiro atoms. The van der Waals surface area contributed by atoms with E-state index in [0.717, 1.165) is 34.3 Å². The van der Waals surface area contributed by atoms with Gasteiger partial charge in [0.1, 0.15) is 0 Å². The van der Waals surface area contributed by atoms with Crippen LogP contribution in [0.4, 0.5) is 5.13 Å². The highest BCUT2D eigenvalue weighted by molar-refractivity contribution is 8.01. The molecule has 2 heterocycles. The van der Waals surface area contributed by atoms with Crippen LogP contribution in [0.15, 0.2) is 10.4 Å². The minimum atomic E-state index is 0.127. The van der Waals surface area contributed by atoms with Gasteiger partial charge in [-0.05, 0) is 32.3 Å². The number of nitrogens with zero attached hydrogens (tertiary/aromatic N) is 3. The first-order chi connectivity index (χ1) is 10.4. The van der Waals surface area contributed by atoms with Gasteiger partial charge in [-0.1, -0.05) is 36.9 Å². The van der Waals surface area contributed by atoms with Crippen LogP contribution in [0.3, 0.4) is 0 Å². The lowest BCUT2D eigenvalue weighted by Gasteiger charge is -2.11. The monoisotopic (exact) mass is 338 g/mol. The normalized spacial score (nSPS) is 11.3. The Kier molecular flexibility index (Phi) is 5.63. The van der Waals surface area contributed by atoms with Crippen LogP contribution in [0.5, 0.6) is 0 Å². The molecule has 0 unspecified atom stereocenters. The molecule has 0 aliphatic carbocycles. The standard InChI is InChI=1S/C15H22N4OS2/c1-9(2)5-6-19-10(3)7-12(11(19)4)13(20)8-21-15-18-17-14(16)22-15/h7,9H,5-6,8H2,1-4H3,(H2,16,17). The van der Waals surface area contributed by atoms with Crippen LogP contribution in [0.2, 0.25) is 0 Å². The van der Waals surface area contributed by atoms with E-state index in [0.29, 0.717) is 16.8 Å². The maximum absolute atomic E-state index is 12.4. The fourth-order valence-electron chi connectivity index (χ4n) is 2.30. The van der Waals surface area contributed by atoms with Gasteiger partial charge >= 0.3 is 0 Å². The molecule has 5 nitrogen and oxygen atoms in total. The molecule has 0 amide bonds. The second-order valence-electron chi connectivity index (χ2n) is 5.74. The van der Waals surface area contributed by atoms with Gasteiger partial charge in [-0.15, -0.1) is 10.2 Å². The van der Waals surface area contributed by atoms with Crippen molar-refractivity contribution < 1.29 is 4.79 Å². The van der Waals surface area contributed by atoms with Gasteiger partial charge < -0.3 is 10.3 Å². The summed E-state index contributed by atoms with van der Waals surface area (Å²) in [4.78, 5) is 12.4. The molecule has 0 atom stereocenters. The lowest BCUT2D eigenvalue weighted by atomic mass is 10.1. The molecule has 2 aromatic rings. The highest BCUT2D eigenvalue weighted by Crippen LogP contribution is 2.25. The van der Waals surface area contributed by atoms with Gasteiger partial charge in [0.05, 0.1) is 5.75 Å². The zero-order chi connectivity index (χ0) is 16.3. The third-order valence-corrected chi connectivity index (χ3v) is 5.44. The lowest BCUT2D eigenvalue weighted by Crippen LogP contribution is -2.08. The molecule has 0 fully saturated rings. The number of anilines is 1. The van der Waals surface area contributed by atoms with Gasteiger partial charge in [-0.25, -0.2) is 0 Å². The SMILES string of the molecule is Cc1cc(C(=O)CSc2nnc(N)s2)c(C)n1CCC(C)C. The Labute approximate surface area is 139 Å². The molecule has 2 aromatic heterocycles. The molecule has 0 aromatic carbocycles. The second kappa shape index (κ2) is 7.28. The summed E-state index contributed by atoms with van der Waals surface area (Å²) in [5.41, 5.74) is 8.56. The van der Waals surface area contributed by atoms with Gasteiger partial charge in [-0.2, -0.15) is 0 Å². The third-order valence-electron chi connectivity index (χ3n) is 3.55. The molecule has 0 bridgehead atoms. The maximum atomic E-state index is 12.4. The van der Waals surface area contributed by atoms with Crippen molar-refractivity contribution in [1.29, 1.82) is 0 Å². The topological polar surface area (TPSA) is 73.8 Å². The van der Waals surface area contributed by atoms with E-state index in [1.807, 2.05) is 13.0 Å². The Morgan fingerprint density at radius 3 is 2.73 bits per heavy atom. The summed E-state index contributed by atoms with van der Waals surface area (Å²) in [6.07, 6.45) is 1.11. The molecule has 0 aliphatic heterocycles. The molecule has 0 saturated carbocycles. The van der Waals surface area contributed by atoms with Crippen molar-refractivity contribution in [3.8, 4) is 0 Å². The van der Waals surface area contributed by atoms with Crippen LogP contribution in [0, 0.1) is 19.8 Å². The summed E-state index contributed by atoms with van der Waals surface area (Å²) in [6, 6.07) is 1.99. The van der Waals surface area contributed by atoms with Crippen LogP contribution in [-0.4, -0.2) is 26.3 Å². The van der Waals surface area contributed by atoms with E-state index in [4.69, 9.17) is 5.73 Å². The summed E-state index contributed by atoms with van der Waals surface area (Å²) in [7, 11) is 0. The zero-order valence-electron chi connectivity index (χ0n) is 13.4. The van der Waals surface area contributed by atoms with E-state index >= 15 is 0 Å². The number of thioether (sulfide) groups is 1. The van der Waals surface area contributed by atoms with Crippen LogP contribution in [0.1, 0.15) is 42.0 Å². The van der Waals surface area contributed by atoms with Crippen molar-refractivity contribution >= 4 is 34.0 Å². The van der Waals surface area contributed by atoms with Crippen molar-refractivity contribution in [3.05, 3.63) is 23.0 Å². The second-order valence-corrected chi connectivity index (χ2v) is 7.97. The molecule has 2 rings (SSSR count). The van der Waals surface area contributed by atoms with Crippen LogP contribution < -0.4 is 5.73 Å². The molecular formula is C15H22N4OS2. The number of rotatable bonds is 7. The minimum absolute atomic E-state index is 0.127. The van der Waals surface area contributed by atoms with Crippen LogP contribution in [-0.2, 0) is 6.54 Å². The van der Waals surface area contributed by atoms with Crippen molar-refractivity contribution in [1.82, 2.24) is 14.8 Å². The first-order valence-electron chi connectivity index (χ1n) is 7.30. The van der Waals surface area contributed by atoms with Crippen molar-refractivity contribution in [2.45, 2.75) is 45.0 Å². The summed E-state index contributed by atoms with van der Waals surface area (Å²) in [5, 5.41) is 8.11. The molecule has 7 heteroatoms. The number of nitrogen functional groups attached to an aromatic ring is 1. The number of Topliss-reactive ketones (excluding diaryl/α,β-unsaturated/α-hetero) is 1. The molecule has 22 heavy (non-hydrogen) atoms. The molecule has 2 N–H and O–H groups in total. The minimum Gasteiger partial charge on any atom is -0.374 e. The average Bonchev–Trinajstić information content (AvgIpc) is 2.98. The summed E-state index contributed by atoms with van der Waals surface area (Å²) >= 11 is 2.70. The Balaban J connectivity index is 2.04. The van der Waals surface area contributed by atoms with Gasteiger partial charge in [0.15, 0.2) is 10.1 Å². The van der Waals surface area contributed by atoms with Crippen molar-refractivity contribution in [3.63, 3.8) is 0 Å². The van der Waals surface area contributed by atoms with E-state index in [9.17, 15) is 4.79 Å². The van der Waals surface area contributed by atoms with E-state index in [-0.39, 0.29) is 5.78 Å². The quantitative estimate of drug-likeness (QED) is 0.617. The highest BCUT2D eigenvalue weighted by atomic mass is 32.2. The van der Waals surface area contributed by atoms with E-state index in [1.165, 1.54) is 23.1 Å². The number of nitrogens with two attached hydrogens (primary N) is 1. The lowest BCUT2D eigenvalue weighted by molar-refractivity contribution is 0.102. The fraction of sp³-hybridized carbons (Fsp3) is 0.533. The number of hydrogen-bond acceptors (Lipinski definition) is 6. The van der Waals surface area contributed by atoms with Gasteiger partial charge in [0.25, 0.3) is 0 Å². The number of ketones is 1. The number of carbonyl (C=O) groups excluding carboxylic acids is 1. The summed E-state index contributed by atoms with van der Waals surface area (Å²) in [6.45, 7) is 9.47.